The second-order valence-corrected chi connectivity index (χ2v) is 5.88. The van der Waals surface area contributed by atoms with Gasteiger partial charge in [0.25, 0.3) is 0 Å². The number of hydrogen-bond donors (Lipinski definition) is 0. The SMILES string of the molecule is CCOC(=O)C(CCN(C)C)(Cc1ccc(F)cc1)C(=O)OCC. The summed E-state index contributed by atoms with van der Waals surface area (Å²) in [6, 6.07) is 5.75. The van der Waals surface area contributed by atoms with Gasteiger partial charge in [0.2, 0.25) is 0 Å². The highest BCUT2D eigenvalue weighted by molar-refractivity contribution is 6.00. The van der Waals surface area contributed by atoms with Crippen LogP contribution in [-0.4, -0.2) is 50.7 Å². The Hall–Kier alpha value is -1.95. The minimum absolute atomic E-state index is 0.110. The molecule has 0 aliphatic carbocycles. The first-order chi connectivity index (χ1) is 11.4. The van der Waals surface area contributed by atoms with Gasteiger partial charge in [-0.05, 0) is 65.0 Å². The standard InChI is InChI=1S/C18H26FNO4/c1-5-23-16(21)18(11-12-20(3)4,17(22)24-6-2)13-14-7-9-15(19)10-8-14/h7-10H,5-6,11-13H2,1-4H3. The molecule has 0 N–H and O–H groups in total. The van der Waals surface area contributed by atoms with Crippen molar-refractivity contribution in [1.82, 2.24) is 4.90 Å². The summed E-state index contributed by atoms with van der Waals surface area (Å²) in [7, 11) is 3.72. The first-order valence-corrected chi connectivity index (χ1v) is 8.09. The topological polar surface area (TPSA) is 55.8 Å². The summed E-state index contributed by atoms with van der Waals surface area (Å²) in [6.45, 7) is 4.24. The zero-order valence-corrected chi connectivity index (χ0v) is 14.8. The van der Waals surface area contributed by atoms with Gasteiger partial charge >= 0.3 is 11.9 Å². The van der Waals surface area contributed by atoms with Crippen LogP contribution in [0.25, 0.3) is 0 Å². The molecule has 5 nitrogen and oxygen atoms in total. The smallest absolute Gasteiger partial charge is 0.323 e. The maximum Gasteiger partial charge on any atom is 0.323 e. The molecule has 0 spiro atoms. The van der Waals surface area contributed by atoms with Crippen molar-refractivity contribution in [3.63, 3.8) is 0 Å². The van der Waals surface area contributed by atoms with Gasteiger partial charge in [0.15, 0.2) is 5.41 Å². The zero-order chi connectivity index (χ0) is 18.2. The third-order valence-corrected chi connectivity index (χ3v) is 3.74. The summed E-state index contributed by atoms with van der Waals surface area (Å²) >= 11 is 0. The lowest BCUT2D eigenvalue weighted by atomic mass is 9.78. The van der Waals surface area contributed by atoms with Crippen molar-refractivity contribution in [1.29, 1.82) is 0 Å². The van der Waals surface area contributed by atoms with Crippen LogP contribution in [0, 0.1) is 11.2 Å². The predicted octanol–water partition coefficient (Wildman–Crippen LogP) is 2.43. The van der Waals surface area contributed by atoms with Gasteiger partial charge in [0, 0.05) is 0 Å². The molecule has 1 aromatic rings. The van der Waals surface area contributed by atoms with Crippen molar-refractivity contribution in [3.05, 3.63) is 35.6 Å². The van der Waals surface area contributed by atoms with E-state index < -0.39 is 17.4 Å². The van der Waals surface area contributed by atoms with Crippen molar-refractivity contribution in [3.8, 4) is 0 Å². The summed E-state index contributed by atoms with van der Waals surface area (Å²) in [6.07, 6.45) is 0.369. The molecule has 0 unspecified atom stereocenters. The monoisotopic (exact) mass is 339 g/mol. The molecule has 0 heterocycles. The molecule has 0 aliphatic rings. The zero-order valence-electron chi connectivity index (χ0n) is 14.8. The Balaban J connectivity index is 3.23. The first-order valence-electron chi connectivity index (χ1n) is 8.09. The number of carbonyl (C=O) groups excluding carboxylic acids is 2. The Morgan fingerprint density at radius 2 is 1.54 bits per heavy atom. The predicted molar refractivity (Wildman–Crippen MR) is 89.0 cm³/mol. The Morgan fingerprint density at radius 3 is 1.96 bits per heavy atom. The number of rotatable bonds is 9. The second-order valence-electron chi connectivity index (χ2n) is 5.88. The van der Waals surface area contributed by atoms with Gasteiger partial charge in [-0.15, -0.1) is 0 Å². The molecule has 134 valence electrons. The van der Waals surface area contributed by atoms with Crippen molar-refractivity contribution in [2.24, 2.45) is 5.41 Å². The van der Waals surface area contributed by atoms with Crippen molar-refractivity contribution >= 4 is 11.9 Å². The normalized spacial score (nSPS) is 11.4. The molecule has 0 aromatic heterocycles. The van der Waals surface area contributed by atoms with E-state index >= 15 is 0 Å². The third kappa shape index (κ3) is 5.30. The average molecular weight is 339 g/mol. The fraction of sp³-hybridized carbons (Fsp3) is 0.556. The van der Waals surface area contributed by atoms with Crippen molar-refractivity contribution in [2.75, 3.05) is 33.9 Å². The second kappa shape index (κ2) is 9.37. The van der Waals surface area contributed by atoms with E-state index in [1.165, 1.54) is 12.1 Å². The van der Waals surface area contributed by atoms with Crippen LogP contribution in [0.4, 0.5) is 4.39 Å². The maximum absolute atomic E-state index is 13.1. The highest BCUT2D eigenvalue weighted by Crippen LogP contribution is 2.31. The van der Waals surface area contributed by atoms with Gasteiger partial charge in [-0.1, -0.05) is 12.1 Å². The lowest BCUT2D eigenvalue weighted by Crippen LogP contribution is -2.45. The highest BCUT2D eigenvalue weighted by atomic mass is 19.1. The fourth-order valence-corrected chi connectivity index (χ4v) is 2.42. The van der Waals surface area contributed by atoms with Gasteiger partial charge in [0.05, 0.1) is 13.2 Å². The number of ether oxygens (including phenoxy) is 2. The van der Waals surface area contributed by atoms with Gasteiger partial charge in [-0.3, -0.25) is 9.59 Å². The largest absolute Gasteiger partial charge is 0.465 e. The summed E-state index contributed by atoms with van der Waals surface area (Å²) in [5.41, 5.74) is -0.759. The van der Waals surface area contributed by atoms with Crippen LogP contribution in [0.2, 0.25) is 0 Å². The van der Waals surface area contributed by atoms with E-state index in [1.807, 2.05) is 19.0 Å². The first kappa shape index (κ1) is 20.1. The molecule has 1 aromatic carbocycles. The number of nitrogens with zero attached hydrogens (tertiary/aromatic N) is 1. The number of esters is 2. The molecule has 0 aliphatic heterocycles. The summed E-state index contributed by atoms with van der Waals surface area (Å²) in [5, 5.41) is 0. The Kier molecular flexibility index (Phi) is 7.85. The maximum atomic E-state index is 13.1. The number of halogens is 1. The minimum Gasteiger partial charge on any atom is -0.465 e. The quantitative estimate of drug-likeness (QED) is 0.511. The Bertz CT molecular complexity index is 524. The average Bonchev–Trinajstić information content (AvgIpc) is 2.53. The molecule has 0 bridgehead atoms. The molecule has 0 saturated heterocycles. The van der Waals surface area contributed by atoms with Gasteiger partial charge in [0.1, 0.15) is 5.82 Å². The van der Waals surface area contributed by atoms with Gasteiger partial charge in [-0.2, -0.15) is 0 Å². The molecule has 1 rings (SSSR count). The van der Waals surface area contributed by atoms with Crippen LogP contribution in [0.5, 0.6) is 0 Å². The molecule has 0 saturated carbocycles. The van der Waals surface area contributed by atoms with E-state index in [0.29, 0.717) is 12.1 Å². The summed E-state index contributed by atoms with van der Waals surface area (Å²) < 4.78 is 23.5. The Labute approximate surface area is 142 Å². The van der Waals surface area contributed by atoms with Crippen molar-refractivity contribution < 1.29 is 23.5 Å². The molecule has 0 radical (unpaired) electrons. The van der Waals surface area contributed by atoms with Crippen molar-refractivity contribution in [2.45, 2.75) is 26.7 Å². The number of benzene rings is 1. The third-order valence-electron chi connectivity index (χ3n) is 3.74. The summed E-state index contributed by atoms with van der Waals surface area (Å²) in [5.74, 6) is -1.57. The van der Waals surface area contributed by atoms with Gasteiger partial charge in [-0.25, -0.2) is 4.39 Å². The minimum atomic E-state index is -1.44. The Morgan fingerprint density at radius 1 is 1.04 bits per heavy atom. The molecule has 24 heavy (non-hydrogen) atoms. The molecule has 0 amide bonds. The van der Waals surface area contributed by atoms with Crippen LogP contribution < -0.4 is 0 Å². The number of carbonyl (C=O) groups is 2. The van der Waals surface area contributed by atoms with Gasteiger partial charge < -0.3 is 14.4 Å². The van der Waals surface area contributed by atoms with E-state index in [0.717, 1.165) is 0 Å². The van der Waals surface area contributed by atoms with E-state index in [-0.39, 0.29) is 31.9 Å². The lowest BCUT2D eigenvalue weighted by Gasteiger charge is -2.30. The van der Waals surface area contributed by atoms with Crippen LogP contribution in [-0.2, 0) is 25.5 Å². The van der Waals surface area contributed by atoms with Crippen LogP contribution in [0.1, 0.15) is 25.8 Å². The molecular formula is C18H26FNO4. The molecule has 0 atom stereocenters. The van der Waals surface area contributed by atoms with Crippen LogP contribution >= 0.6 is 0 Å². The van der Waals surface area contributed by atoms with E-state index in [9.17, 15) is 14.0 Å². The lowest BCUT2D eigenvalue weighted by molar-refractivity contribution is -0.173. The van der Waals surface area contributed by atoms with E-state index in [2.05, 4.69) is 0 Å². The molecule has 0 fully saturated rings. The molecular weight excluding hydrogens is 313 g/mol. The molecule has 6 heteroatoms. The van der Waals surface area contributed by atoms with Crippen LogP contribution in [0.15, 0.2) is 24.3 Å². The number of hydrogen-bond acceptors (Lipinski definition) is 5. The van der Waals surface area contributed by atoms with E-state index in [4.69, 9.17) is 9.47 Å². The van der Waals surface area contributed by atoms with Crippen LogP contribution in [0.3, 0.4) is 0 Å². The highest BCUT2D eigenvalue weighted by Gasteiger charge is 2.48. The summed E-state index contributed by atoms with van der Waals surface area (Å²) in [4.78, 5) is 27.2. The van der Waals surface area contributed by atoms with E-state index in [1.54, 1.807) is 26.0 Å². The fourth-order valence-electron chi connectivity index (χ4n) is 2.42.